The van der Waals surface area contributed by atoms with Crippen molar-refractivity contribution in [1.29, 1.82) is 0 Å². The Morgan fingerprint density at radius 1 is 1.58 bits per heavy atom. The molecule has 1 nitrogen and oxygen atoms in total. The average Bonchev–Trinajstić information content (AvgIpc) is 2.87. The van der Waals surface area contributed by atoms with Crippen LogP contribution in [0.25, 0.3) is 0 Å². The predicted molar refractivity (Wildman–Crippen MR) is 54.2 cm³/mol. The molecule has 12 heavy (non-hydrogen) atoms. The summed E-state index contributed by atoms with van der Waals surface area (Å²) in [5.74, 6) is 0.902. The van der Waals surface area contributed by atoms with Gasteiger partial charge in [-0.1, -0.05) is 19.9 Å². The first kappa shape index (κ1) is 9.79. The number of rotatable bonds is 6. The van der Waals surface area contributed by atoms with Crippen LogP contribution in [0.2, 0.25) is 0 Å². The summed E-state index contributed by atoms with van der Waals surface area (Å²) in [5, 5.41) is 3.48. The molecular formula is C11H21N. The van der Waals surface area contributed by atoms with E-state index in [9.17, 15) is 0 Å². The maximum absolute atomic E-state index is 3.93. The van der Waals surface area contributed by atoms with Gasteiger partial charge in [0.15, 0.2) is 0 Å². The number of nitrogens with one attached hydrogen (secondary N) is 1. The number of hydrogen-bond donors (Lipinski definition) is 1. The lowest BCUT2D eigenvalue weighted by Crippen LogP contribution is -2.32. The second kappa shape index (κ2) is 4.08. The van der Waals surface area contributed by atoms with Gasteiger partial charge in [0.25, 0.3) is 0 Å². The Hall–Kier alpha value is -0.300. The van der Waals surface area contributed by atoms with Crippen molar-refractivity contribution in [2.24, 2.45) is 11.3 Å². The van der Waals surface area contributed by atoms with Gasteiger partial charge in [-0.25, -0.2) is 0 Å². The maximum atomic E-state index is 3.93. The fraction of sp³-hybridized carbons (Fsp3) is 0.818. The van der Waals surface area contributed by atoms with Crippen molar-refractivity contribution < 1.29 is 0 Å². The molecule has 0 aromatic carbocycles. The molecule has 0 bridgehead atoms. The molecule has 0 aliphatic heterocycles. The van der Waals surface area contributed by atoms with E-state index in [1.165, 1.54) is 19.3 Å². The Morgan fingerprint density at radius 2 is 2.25 bits per heavy atom. The van der Waals surface area contributed by atoms with Gasteiger partial charge in [0.05, 0.1) is 0 Å². The van der Waals surface area contributed by atoms with E-state index in [0.717, 1.165) is 19.0 Å². The smallest absolute Gasteiger partial charge is 0.00424 e. The molecule has 1 rings (SSSR count). The minimum Gasteiger partial charge on any atom is -0.316 e. The minimum atomic E-state index is 0.356. The van der Waals surface area contributed by atoms with Crippen molar-refractivity contribution in [1.82, 2.24) is 5.32 Å². The average molecular weight is 167 g/mol. The second-order valence-corrected chi connectivity index (χ2v) is 4.16. The predicted octanol–water partition coefficient (Wildman–Crippen LogP) is 2.59. The SMILES string of the molecule is C=CC(C)(CNCCC)C1CC1. The molecule has 0 amide bonds. The molecular weight excluding hydrogens is 146 g/mol. The zero-order chi connectivity index (χ0) is 9.03. The van der Waals surface area contributed by atoms with E-state index >= 15 is 0 Å². The quantitative estimate of drug-likeness (QED) is 0.473. The standard InChI is InChI=1S/C11H21N/c1-4-8-12-9-11(3,5-2)10-6-7-10/h5,10,12H,2,4,6-9H2,1,3H3. The molecule has 0 radical (unpaired) electrons. The third kappa shape index (κ3) is 2.34. The lowest BCUT2D eigenvalue weighted by Gasteiger charge is -2.25. The lowest BCUT2D eigenvalue weighted by molar-refractivity contribution is 0.342. The van der Waals surface area contributed by atoms with Crippen LogP contribution in [-0.4, -0.2) is 13.1 Å². The number of hydrogen-bond acceptors (Lipinski definition) is 1. The van der Waals surface area contributed by atoms with E-state index in [4.69, 9.17) is 0 Å². The van der Waals surface area contributed by atoms with E-state index in [1.807, 2.05) is 0 Å². The molecule has 1 N–H and O–H groups in total. The third-order valence-corrected chi connectivity index (χ3v) is 2.91. The molecule has 1 unspecified atom stereocenters. The second-order valence-electron chi connectivity index (χ2n) is 4.16. The maximum Gasteiger partial charge on any atom is 0.00424 e. The molecule has 0 aromatic heterocycles. The van der Waals surface area contributed by atoms with Gasteiger partial charge in [0.2, 0.25) is 0 Å². The molecule has 1 fully saturated rings. The largest absolute Gasteiger partial charge is 0.316 e. The van der Waals surface area contributed by atoms with Crippen molar-refractivity contribution in [3.05, 3.63) is 12.7 Å². The van der Waals surface area contributed by atoms with Gasteiger partial charge in [0, 0.05) is 12.0 Å². The summed E-state index contributed by atoms with van der Waals surface area (Å²) in [4.78, 5) is 0. The zero-order valence-corrected chi connectivity index (χ0v) is 8.40. The Kier molecular flexibility index (Phi) is 3.33. The van der Waals surface area contributed by atoms with Crippen LogP contribution in [0.4, 0.5) is 0 Å². The fourth-order valence-electron chi connectivity index (χ4n) is 1.66. The minimum absolute atomic E-state index is 0.356. The fourth-order valence-corrected chi connectivity index (χ4v) is 1.66. The molecule has 1 aliphatic carbocycles. The van der Waals surface area contributed by atoms with Gasteiger partial charge in [-0.2, -0.15) is 0 Å². The lowest BCUT2D eigenvalue weighted by atomic mass is 9.85. The van der Waals surface area contributed by atoms with Gasteiger partial charge < -0.3 is 5.32 Å². The van der Waals surface area contributed by atoms with Crippen LogP contribution < -0.4 is 5.32 Å². The van der Waals surface area contributed by atoms with Crippen LogP contribution in [-0.2, 0) is 0 Å². The van der Waals surface area contributed by atoms with Gasteiger partial charge in [-0.3, -0.25) is 0 Å². The van der Waals surface area contributed by atoms with Crippen LogP contribution in [0.15, 0.2) is 12.7 Å². The van der Waals surface area contributed by atoms with Crippen LogP contribution in [0.1, 0.15) is 33.1 Å². The summed E-state index contributed by atoms with van der Waals surface area (Å²) < 4.78 is 0. The molecule has 1 heteroatoms. The summed E-state index contributed by atoms with van der Waals surface area (Å²) in [7, 11) is 0. The van der Waals surface area contributed by atoms with E-state index in [-0.39, 0.29) is 0 Å². The van der Waals surface area contributed by atoms with Gasteiger partial charge in [0.1, 0.15) is 0 Å². The molecule has 0 spiro atoms. The van der Waals surface area contributed by atoms with Gasteiger partial charge >= 0.3 is 0 Å². The molecule has 0 heterocycles. The van der Waals surface area contributed by atoms with Crippen molar-refractivity contribution in [3.63, 3.8) is 0 Å². The van der Waals surface area contributed by atoms with E-state index in [0.29, 0.717) is 5.41 Å². The highest BCUT2D eigenvalue weighted by Gasteiger charge is 2.38. The zero-order valence-electron chi connectivity index (χ0n) is 8.40. The Bertz CT molecular complexity index is 149. The van der Waals surface area contributed by atoms with Crippen molar-refractivity contribution in [3.8, 4) is 0 Å². The highest BCUT2D eigenvalue weighted by molar-refractivity contribution is 5.02. The Morgan fingerprint density at radius 3 is 2.67 bits per heavy atom. The molecule has 0 aromatic rings. The van der Waals surface area contributed by atoms with Gasteiger partial charge in [-0.15, -0.1) is 6.58 Å². The molecule has 0 saturated heterocycles. The Labute approximate surface area is 76.2 Å². The molecule has 1 atom stereocenters. The highest BCUT2D eigenvalue weighted by Crippen LogP contribution is 2.45. The molecule has 1 aliphatic rings. The Balaban J connectivity index is 2.28. The third-order valence-electron chi connectivity index (χ3n) is 2.91. The molecule has 70 valence electrons. The van der Waals surface area contributed by atoms with E-state index < -0.39 is 0 Å². The summed E-state index contributed by atoms with van der Waals surface area (Å²) in [6.07, 6.45) is 6.15. The first-order valence-corrected chi connectivity index (χ1v) is 5.07. The van der Waals surface area contributed by atoms with E-state index in [2.05, 4.69) is 31.8 Å². The van der Waals surface area contributed by atoms with Gasteiger partial charge in [-0.05, 0) is 31.7 Å². The van der Waals surface area contributed by atoms with Crippen LogP contribution >= 0.6 is 0 Å². The summed E-state index contributed by atoms with van der Waals surface area (Å²) in [5.41, 5.74) is 0.356. The highest BCUT2D eigenvalue weighted by atomic mass is 14.9. The summed E-state index contributed by atoms with van der Waals surface area (Å²) >= 11 is 0. The van der Waals surface area contributed by atoms with Crippen LogP contribution in [0.3, 0.4) is 0 Å². The van der Waals surface area contributed by atoms with E-state index in [1.54, 1.807) is 0 Å². The monoisotopic (exact) mass is 167 g/mol. The van der Waals surface area contributed by atoms with Crippen LogP contribution in [0.5, 0.6) is 0 Å². The van der Waals surface area contributed by atoms with Crippen molar-refractivity contribution in [2.75, 3.05) is 13.1 Å². The first-order chi connectivity index (χ1) is 5.73. The van der Waals surface area contributed by atoms with Crippen molar-refractivity contribution >= 4 is 0 Å². The summed E-state index contributed by atoms with van der Waals surface area (Å²) in [6, 6.07) is 0. The van der Waals surface area contributed by atoms with Crippen LogP contribution in [0, 0.1) is 11.3 Å². The normalized spacial score (nSPS) is 21.8. The first-order valence-electron chi connectivity index (χ1n) is 5.07. The molecule has 1 saturated carbocycles. The topological polar surface area (TPSA) is 12.0 Å². The van der Waals surface area contributed by atoms with Crippen molar-refractivity contribution in [2.45, 2.75) is 33.1 Å². The summed E-state index contributed by atoms with van der Waals surface area (Å²) in [6.45, 7) is 10.7.